The molecule has 4 nitrogen and oxygen atoms in total. The van der Waals surface area contributed by atoms with E-state index in [0.717, 1.165) is 18.7 Å². The molecule has 0 saturated heterocycles. The monoisotopic (exact) mass is 258 g/mol. The third-order valence-corrected chi connectivity index (χ3v) is 3.41. The van der Waals surface area contributed by atoms with Crippen LogP contribution in [-0.4, -0.2) is 27.9 Å². The minimum atomic E-state index is 0.379. The molecule has 0 radical (unpaired) electrons. The lowest BCUT2D eigenvalue weighted by atomic mass is 9.99. The van der Waals surface area contributed by atoms with Gasteiger partial charge < -0.3 is 5.32 Å². The summed E-state index contributed by atoms with van der Waals surface area (Å²) in [4.78, 5) is 4.29. The molecule has 0 amide bonds. The predicted octanol–water partition coefficient (Wildman–Crippen LogP) is 1.81. The number of rotatable bonds is 5. The van der Waals surface area contributed by atoms with Gasteiger partial charge in [0.15, 0.2) is 0 Å². The quantitative estimate of drug-likeness (QED) is 0.889. The molecule has 0 bridgehead atoms. The second-order valence-electron chi connectivity index (χ2n) is 5.19. The topological polar surface area (TPSA) is 42.7 Å². The normalized spacial score (nSPS) is 12.6. The highest BCUT2D eigenvalue weighted by atomic mass is 15.3. The van der Waals surface area contributed by atoms with Gasteiger partial charge in [0, 0.05) is 19.5 Å². The van der Waals surface area contributed by atoms with Crippen LogP contribution in [0.1, 0.15) is 22.5 Å². The van der Waals surface area contributed by atoms with Crippen LogP contribution in [-0.2, 0) is 19.9 Å². The maximum absolute atomic E-state index is 4.29. The molecule has 2 rings (SSSR count). The van der Waals surface area contributed by atoms with Crippen molar-refractivity contribution in [1.82, 2.24) is 20.1 Å². The summed E-state index contributed by atoms with van der Waals surface area (Å²) >= 11 is 0. The summed E-state index contributed by atoms with van der Waals surface area (Å²) in [6.07, 6.45) is 3.50. The molecular weight excluding hydrogens is 236 g/mol. The maximum atomic E-state index is 4.29. The van der Waals surface area contributed by atoms with Gasteiger partial charge in [0.1, 0.15) is 12.2 Å². The Morgan fingerprint density at radius 1 is 1.16 bits per heavy atom. The van der Waals surface area contributed by atoms with Gasteiger partial charge in [0.25, 0.3) is 0 Å². The molecule has 1 unspecified atom stereocenters. The first kappa shape index (κ1) is 13.7. The van der Waals surface area contributed by atoms with Crippen LogP contribution in [0.15, 0.2) is 24.5 Å². The van der Waals surface area contributed by atoms with Gasteiger partial charge >= 0.3 is 0 Å². The van der Waals surface area contributed by atoms with Crippen molar-refractivity contribution in [3.8, 4) is 0 Å². The lowest BCUT2D eigenvalue weighted by molar-refractivity contribution is 0.526. The zero-order chi connectivity index (χ0) is 13.8. The molecular formula is C15H22N4. The van der Waals surface area contributed by atoms with Gasteiger partial charge in [0.05, 0.1) is 0 Å². The Hall–Kier alpha value is -1.68. The van der Waals surface area contributed by atoms with Crippen LogP contribution < -0.4 is 5.32 Å². The van der Waals surface area contributed by atoms with E-state index in [4.69, 9.17) is 0 Å². The standard InChI is InChI=1S/C15H22N4/c1-11-5-12(2)7-13(6-11)8-14(16-3)9-15-17-10-18-19(15)4/h5-7,10,14,16H,8-9H2,1-4H3. The van der Waals surface area contributed by atoms with E-state index in [9.17, 15) is 0 Å². The van der Waals surface area contributed by atoms with E-state index in [0.29, 0.717) is 6.04 Å². The number of likely N-dealkylation sites (N-methyl/N-ethyl adjacent to an activating group) is 1. The first-order valence-corrected chi connectivity index (χ1v) is 6.66. The van der Waals surface area contributed by atoms with Crippen LogP contribution in [0.3, 0.4) is 0 Å². The Labute approximate surface area is 114 Å². The molecule has 1 N–H and O–H groups in total. The zero-order valence-electron chi connectivity index (χ0n) is 12.1. The van der Waals surface area contributed by atoms with Gasteiger partial charge in [0.2, 0.25) is 0 Å². The van der Waals surface area contributed by atoms with Crippen LogP contribution in [0.25, 0.3) is 0 Å². The molecule has 0 fully saturated rings. The number of hydrogen-bond acceptors (Lipinski definition) is 3. The van der Waals surface area contributed by atoms with Crippen LogP contribution in [0.5, 0.6) is 0 Å². The second-order valence-corrected chi connectivity index (χ2v) is 5.19. The molecule has 0 aliphatic rings. The minimum absolute atomic E-state index is 0.379. The third-order valence-electron chi connectivity index (χ3n) is 3.41. The van der Waals surface area contributed by atoms with Crippen LogP contribution in [0.4, 0.5) is 0 Å². The smallest absolute Gasteiger partial charge is 0.138 e. The van der Waals surface area contributed by atoms with Crippen molar-refractivity contribution >= 4 is 0 Å². The average Bonchev–Trinajstić information content (AvgIpc) is 2.73. The summed E-state index contributed by atoms with van der Waals surface area (Å²) in [5.41, 5.74) is 4.02. The van der Waals surface area contributed by atoms with Crippen molar-refractivity contribution in [3.63, 3.8) is 0 Å². The van der Waals surface area contributed by atoms with E-state index in [2.05, 4.69) is 47.4 Å². The average molecular weight is 258 g/mol. The lowest BCUT2D eigenvalue weighted by Gasteiger charge is -2.16. The molecule has 1 heterocycles. The van der Waals surface area contributed by atoms with E-state index in [-0.39, 0.29) is 0 Å². The maximum Gasteiger partial charge on any atom is 0.138 e. The predicted molar refractivity (Wildman–Crippen MR) is 77.2 cm³/mol. The van der Waals surface area contributed by atoms with Crippen molar-refractivity contribution in [3.05, 3.63) is 47.0 Å². The van der Waals surface area contributed by atoms with Crippen molar-refractivity contribution in [2.24, 2.45) is 7.05 Å². The molecule has 19 heavy (non-hydrogen) atoms. The summed E-state index contributed by atoms with van der Waals surface area (Å²) in [5.74, 6) is 1.02. The van der Waals surface area contributed by atoms with Crippen molar-refractivity contribution in [1.29, 1.82) is 0 Å². The first-order valence-electron chi connectivity index (χ1n) is 6.66. The molecule has 0 saturated carbocycles. The molecule has 102 valence electrons. The lowest BCUT2D eigenvalue weighted by Crippen LogP contribution is -2.31. The molecule has 1 aromatic carbocycles. The fourth-order valence-corrected chi connectivity index (χ4v) is 2.47. The Morgan fingerprint density at radius 2 is 1.84 bits per heavy atom. The molecule has 1 aromatic heterocycles. The van der Waals surface area contributed by atoms with Gasteiger partial charge in [-0.3, -0.25) is 4.68 Å². The number of nitrogens with one attached hydrogen (secondary N) is 1. The Balaban J connectivity index is 2.08. The molecule has 4 heteroatoms. The van der Waals surface area contributed by atoms with E-state index in [1.807, 2.05) is 18.8 Å². The molecule has 0 aliphatic carbocycles. The fourth-order valence-electron chi connectivity index (χ4n) is 2.47. The van der Waals surface area contributed by atoms with Gasteiger partial charge in [-0.05, 0) is 32.9 Å². The summed E-state index contributed by atoms with van der Waals surface area (Å²) < 4.78 is 1.84. The van der Waals surface area contributed by atoms with Gasteiger partial charge in [-0.1, -0.05) is 29.3 Å². The third kappa shape index (κ3) is 3.64. The number of hydrogen-bond donors (Lipinski definition) is 1. The van der Waals surface area contributed by atoms with Crippen molar-refractivity contribution in [2.45, 2.75) is 32.7 Å². The SMILES string of the molecule is CNC(Cc1cc(C)cc(C)c1)Cc1ncnn1C. The number of aryl methyl sites for hydroxylation is 3. The summed E-state index contributed by atoms with van der Waals surface area (Å²) in [5, 5.41) is 7.49. The van der Waals surface area contributed by atoms with Gasteiger partial charge in [-0.15, -0.1) is 0 Å². The van der Waals surface area contributed by atoms with Gasteiger partial charge in [-0.25, -0.2) is 4.98 Å². The van der Waals surface area contributed by atoms with E-state index >= 15 is 0 Å². The minimum Gasteiger partial charge on any atom is -0.316 e. The Bertz CT molecular complexity index is 525. The van der Waals surface area contributed by atoms with Crippen LogP contribution in [0, 0.1) is 13.8 Å². The Kier molecular flexibility index (Phi) is 4.32. The van der Waals surface area contributed by atoms with Crippen molar-refractivity contribution < 1.29 is 0 Å². The second kappa shape index (κ2) is 5.97. The van der Waals surface area contributed by atoms with E-state index in [1.165, 1.54) is 16.7 Å². The highest BCUT2D eigenvalue weighted by Crippen LogP contribution is 2.12. The summed E-state index contributed by atoms with van der Waals surface area (Å²) in [7, 11) is 3.94. The summed E-state index contributed by atoms with van der Waals surface area (Å²) in [6, 6.07) is 7.10. The van der Waals surface area contributed by atoms with E-state index < -0.39 is 0 Å². The molecule has 0 spiro atoms. The summed E-state index contributed by atoms with van der Waals surface area (Å²) in [6.45, 7) is 4.29. The largest absolute Gasteiger partial charge is 0.316 e. The van der Waals surface area contributed by atoms with Crippen molar-refractivity contribution in [2.75, 3.05) is 7.05 Å². The van der Waals surface area contributed by atoms with Crippen LogP contribution >= 0.6 is 0 Å². The molecule has 2 aromatic rings. The highest BCUT2D eigenvalue weighted by molar-refractivity contribution is 5.29. The fraction of sp³-hybridized carbons (Fsp3) is 0.467. The molecule has 1 atom stereocenters. The Morgan fingerprint density at radius 3 is 2.37 bits per heavy atom. The van der Waals surface area contributed by atoms with Crippen LogP contribution in [0.2, 0.25) is 0 Å². The number of benzene rings is 1. The van der Waals surface area contributed by atoms with E-state index in [1.54, 1.807) is 6.33 Å². The molecule has 0 aliphatic heterocycles. The zero-order valence-corrected chi connectivity index (χ0v) is 12.1. The highest BCUT2D eigenvalue weighted by Gasteiger charge is 2.12. The number of aromatic nitrogens is 3. The first-order chi connectivity index (χ1) is 9.08. The number of nitrogens with zero attached hydrogens (tertiary/aromatic N) is 3. The van der Waals surface area contributed by atoms with Gasteiger partial charge in [-0.2, -0.15) is 5.10 Å².